The van der Waals surface area contributed by atoms with Crippen LogP contribution in [0, 0.1) is 12.8 Å². The average molecular weight is 274 g/mol. The summed E-state index contributed by atoms with van der Waals surface area (Å²) in [6.07, 6.45) is 2.97. The summed E-state index contributed by atoms with van der Waals surface area (Å²) < 4.78 is 27.4. The van der Waals surface area contributed by atoms with Crippen molar-refractivity contribution >= 4 is 21.4 Å². The van der Waals surface area contributed by atoms with Crippen LogP contribution in [0.1, 0.15) is 24.1 Å². The molecular formula is C11H18N2O2S2. The predicted molar refractivity (Wildman–Crippen MR) is 69.6 cm³/mol. The van der Waals surface area contributed by atoms with E-state index in [2.05, 4.69) is 4.72 Å². The summed E-state index contributed by atoms with van der Waals surface area (Å²) in [7, 11) is -3.35. The van der Waals surface area contributed by atoms with Crippen molar-refractivity contribution in [2.75, 3.05) is 6.54 Å². The van der Waals surface area contributed by atoms with Gasteiger partial charge in [0.15, 0.2) is 0 Å². The molecule has 2 atom stereocenters. The van der Waals surface area contributed by atoms with Crippen molar-refractivity contribution in [3.63, 3.8) is 0 Å². The van der Waals surface area contributed by atoms with Crippen LogP contribution in [0.15, 0.2) is 16.3 Å². The highest BCUT2D eigenvalue weighted by molar-refractivity contribution is 7.91. The number of hydrogen-bond donors (Lipinski definition) is 2. The monoisotopic (exact) mass is 274 g/mol. The molecule has 1 aliphatic rings. The van der Waals surface area contributed by atoms with Crippen molar-refractivity contribution in [1.29, 1.82) is 0 Å². The van der Waals surface area contributed by atoms with E-state index in [1.807, 2.05) is 13.0 Å². The summed E-state index contributed by atoms with van der Waals surface area (Å²) in [5.41, 5.74) is 5.65. The molecule has 1 aromatic rings. The maximum atomic E-state index is 12.1. The van der Waals surface area contributed by atoms with Gasteiger partial charge in [-0.3, -0.25) is 0 Å². The molecule has 4 nitrogen and oxygen atoms in total. The van der Waals surface area contributed by atoms with Crippen molar-refractivity contribution in [2.24, 2.45) is 11.7 Å². The third-order valence-electron chi connectivity index (χ3n) is 3.25. The second-order valence-corrected chi connectivity index (χ2v) is 7.75. The quantitative estimate of drug-likeness (QED) is 0.873. The van der Waals surface area contributed by atoms with E-state index >= 15 is 0 Å². The van der Waals surface area contributed by atoms with Gasteiger partial charge >= 0.3 is 0 Å². The standard InChI is InChI=1S/C11H18N2O2S2/c1-8-5-6-11(16-8)17(14,15)13-10-4-2-3-9(10)7-12/h5-6,9-10,13H,2-4,7,12H2,1H3. The van der Waals surface area contributed by atoms with Crippen LogP contribution in [0.3, 0.4) is 0 Å². The molecule has 96 valence electrons. The molecule has 17 heavy (non-hydrogen) atoms. The third kappa shape index (κ3) is 2.88. The van der Waals surface area contributed by atoms with Gasteiger partial charge in [0.1, 0.15) is 4.21 Å². The molecule has 0 bridgehead atoms. The van der Waals surface area contributed by atoms with E-state index in [0.717, 1.165) is 24.1 Å². The van der Waals surface area contributed by atoms with Crippen molar-refractivity contribution in [2.45, 2.75) is 36.4 Å². The van der Waals surface area contributed by atoms with E-state index in [0.29, 0.717) is 10.8 Å². The zero-order valence-electron chi connectivity index (χ0n) is 9.85. The fraction of sp³-hybridized carbons (Fsp3) is 0.636. The van der Waals surface area contributed by atoms with Gasteiger partial charge in [-0.25, -0.2) is 13.1 Å². The van der Waals surface area contributed by atoms with Crippen LogP contribution in [-0.4, -0.2) is 21.0 Å². The Hall–Kier alpha value is -0.430. The SMILES string of the molecule is Cc1ccc(S(=O)(=O)NC2CCCC2CN)s1. The molecule has 2 rings (SSSR count). The van der Waals surface area contributed by atoms with E-state index in [-0.39, 0.29) is 12.0 Å². The van der Waals surface area contributed by atoms with Crippen molar-refractivity contribution < 1.29 is 8.42 Å². The number of nitrogens with two attached hydrogens (primary N) is 1. The minimum absolute atomic E-state index is 0.00686. The molecule has 1 aliphatic carbocycles. The fourth-order valence-corrected chi connectivity index (χ4v) is 4.93. The molecule has 1 saturated carbocycles. The van der Waals surface area contributed by atoms with Crippen LogP contribution in [0.2, 0.25) is 0 Å². The van der Waals surface area contributed by atoms with Crippen molar-refractivity contribution in [1.82, 2.24) is 4.72 Å². The Bertz CT molecular complexity index is 481. The van der Waals surface area contributed by atoms with E-state index in [4.69, 9.17) is 5.73 Å². The highest BCUT2D eigenvalue weighted by Gasteiger charge is 2.30. The molecule has 6 heteroatoms. The highest BCUT2D eigenvalue weighted by atomic mass is 32.2. The molecule has 0 radical (unpaired) electrons. The molecule has 3 N–H and O–H groups in total. The van der Waals surface area contributed by atoms with Gasteiger partial charge in [0.25, 0.3) is 0 Å². The predicted octanol–water partition coefficient (Wildman–Crippen LogP) is 1.46. The van der Waals surface area contributed by atoms with Crippen LogP contribution in [0.25, 0.3) is 0 Å². The van der Waals surface area contributed by atoms with Gasteiger partial charge in [0.2, 0.25) is 10.0 Å². The van der Waals surface area contributed by atoms with Gasteiger partial charge in [-0.1, -0.05) is 6.42 Å². The number of hydrogen-bond acceptors (Lipinski definition) is 4. The number of rotatable bonds is 4. The van der Waals surface area contributed by atoms with E-state index in [1.165, 1.54) is 11.3 Å². The largest absolute Gasteiger partial charge is 0.330 e. The fourth-order valence-electron chi connectivity index (χ4n) is 2.29. The van der Waals surface area contributed by atoms with E-state index < -0.39 is 10.0 Å². The molecule has 0 amide bonds. The van der Waals surface area contributed by atoms with Gasteiger partial charge in [-0.15, -0.1) is 11.3 Å². The van der Waals surface area contributed by atoms with Crippen LogP contribution in [0.5, 0.6) is 0 Å². The van der Waals surface area contributed by atoms with Gasteiger partial charge in [0.05, 0.1) is 0 Å². The topological polar surface area (TPSA) is 72.2 Å². The summed E-state index contributed by atoms with van der Waals surface area (Å²) in [5.74, 6) is 0.283. The number of sulfonamides is 1. The maximum absolute atomic E-state index is 12.1. The Morgan fingerprint density at radius 1 is 1.47 bits per heavy atom. The Kier molecular flexibility index (Phi) is 3.87. The molecular weight excluding hydrogens is 256 g/mol. The van der Waals surface area contributed by atoms with Gasteiger partial charge < -0.3 is 5.73 Å². The van der Waals surface area contributed by atoms with E-state index in [9.17, 15) is 8.42 Å². The Labute approximate surface area is 106 Å². The first-order valence-corrected chi connectivity index (χ1v) is 8.12. The second-order valence-electron chi connectivity index (χ2n) is 4.52. The molecule has 1 heterocycles. The van der Waals surface area contributed by atoms with Gasteiger partial charge in [-0.2, -0.15) is 0 Å². The molecule has 0 aromatic carbocycles. The maximum Gasteiger partial charge on any atom is 0.250 e. The lowest BCUT2D eigenvalue weighted by molar-refractivity contribution is 0.453. The molecule has 2 unspecified atom stereocenters. The highest BCUT2D eigenvalue weighted by Crippen LogP contribution is 2.27. The first kappa shape index (κ1) is 13.0. The van der Waals surface area contributed by atoms with Crippen LogP contribution in [-0.2, 0) is 10.0 Å². The number of thiophene rings is 1. The van der Waals surface area contributed by atoms with Gasteiger partial charge in [0, 0.05) is 10.9 Å². The normalized spacial score (nSPS) is 25.3. The molecule has 0 saturated heterocycles. The molecule has 1 aromatic heterocycles. The summed E-state index contributed by atoms with van der Waals surface area (Å²) in [6.45, 7) is 2.46. The zero-order valence-corrected chi connectivity index (χ0v) is 11.5. The molecule has 1 fully saturated rings. The number of aryl methyl sites for hydroxylation is 1. The Morgan fingerprint density at radius 3 is 2.82 bits per heavy atom. The van der Waals surface area contributed by atoms with Crippen LogP contribution >= 0.6 is 11.3 Å². The summed E-state index contributed by atoms with van der Waals surface area (Å²) in [6, 6.07) is 3.50. The summed E-state index contributed by atoms with van der Waals surface area (Å²) in [4.78, 5) is 1.01. The Morgan fingerprint density at radius 2 is 2.24 bits per heavy atom. The first-order valence-electron chi connectivity index (χ1n) is 5.82. The molecule has 0 spiro atoms. The van der Waals surface area contributed by atoms with Crippen LogP contribution < -0.4 is 10.5 Å². The molecule has 0 aliphatic heterocycles. The average Bonchev–Trinajstić information content (AvgIpc) is 2.86. The Balaban J connectivity index is 2.12. The third-order valence-corrected chi connectivity index (χ3v) is 6.23. The minimum Gasteiger partial charge on any atom is -0.330 e. The lowest BCUT2D eigenvalue weighted by atomic mass is 10.1. The lowest BCUT2D eigenvalue weighted by Crippen LogP contribution is -2.39. The smallest absolute Gasteiger partial charge is 0.250 e. The first-order chi connectivity index (χ1) is 8.03. The van der Waals surface area contributed by atoms with Crippen molar-refractivity contribution in [3.8, 4) is 0 Å². The van der Waals surface area contributed by atoms with Gasteiger partial charge in [-0.05, 0) is 44.4 Å². The minimum atomic E-state index is -3.35. The van der Waals surface area contributed by atoms with Crippen molar-refractivity contribution in [3.05, 3.63) is 17.0 Å². The zero-order chi connectivity index (χ0) is 12.5. The lowest BCUT2D eigenvalue weighted by Gasteiger charge is -2.18. The second kappa shape index (κ2) is 5.06. The summed E-state index contributed by atoms with van der Waals surface area (Å²) >= 11 is 1.31. The van der Waals surface area contributed by atoms with Crippen LogP contribution in [0.4, 0.5) is 0 Å². The number of nitrogens with one attached hydrogen (secondary N) is 1. The summed E-state index contributed by atoms with van der Waals surface area (Å²) in [5, 5.41) is 0. The van der Waals surface area contributed by atoms with E-state index in [1.54, 1.807) is 6.07 Å².